The minimum Gasteiger partial charge on any atom is -0.455 e. The van der Waals surface area contributed by atoms with E-state index in [4.69, 9.17) is 9.15 Å². The number of furan rings is 1. The number of amides is 2. The van der Waals surface area contributed by atoms with E-state index >= 15 is 0 Å². The van der Waals surface area contributed by atoms with Crippen LogP contribution in [0.5, 0.6) is 0 Å². The van der Waals surface area contributed by atoms with E-state index in [1.165, 1.54) is 6.33 Å². The number of carbonyl (C=O) groups excluding carboxylic acids is 2. The van der Waals surface area contributed by atoms with Crippen LogP contribution < -0.4 is 16.0 Å². The lowest BCUT2D eigenvalue weighted by molar-refractivity contribution is 0.0528. The van der Waals surface area contributed by atoms with Gasteiger partial charge < -0.3 is 25.1 Å². The minimum absolute atomic E-state index is 0.214. The van der Waals surface area contributed by atoms with E-state index in [9.17, 15) is 9.59 Å². The number of nitrogens with one attached hydrogen (secondary N) is 3. The van der Waals surface area contributed by atoms with E-state index in [2.05, 4.69) is 38.1 Å². The summed E-state index contributed by atoms with van der Waals surface area (Å²) in [6.07, 6.45) is 1.70. The second-order valence-corrected chi connectivity index (χ2v) is 11.6. The molecule has 4 aromatic carbocycles. The summed E-state index contributed by atoms with van der Waals surface area (Å²) in [6.45, 7) is 5.91. The fraction of sp³-hybridized carbons (Fsp3) is 0.167. The number of hydrogen-bond donors (Lipinski definition) is 3. The molecule has 2 amide bonds. The Kier molecular flexibility index (Phi) is 8.16. The molecule has 0 aliphatic rings. The second kappa shape index (κ2) is 12.5. The van der Waals surface area contributed by atoms with Gasteiger partial charge >= 0.3 is 6.09 Å². The first kappa shape index (κ1) is 29.4. The SMILES string of the molecule is CC(C)(C)OC(=O)NCCc1ccc(C(=O)Nc2ccc(Nc3cc(-c4cccc5c4oc4ccccc45)ncn3)cc2)cc1. The first-order chi connectivity index (χ1) is 21.7. The average Bonchev–Trinajstić information content (AvgIpc) is 3.41. The highest BCUT2D eigenvalue weighted by Crippen LogP contribution is 2.35. The molecule has 3 N–H and O–H groups in total. The molecule has 0 fully saturated rings. The van der Waals surface area contributed by atoms with Crippen LogP contribution >= 0.6 is 0 Å². The van der Waals surface area contributed by atoms with Gasteiger partial charge in [-0.05, 0) is 81.3 Å². The van der Waals surface area contributed by atoms with Crippen molar-refractivity contribution in [2.45, 2.75) is 32.8 Å². The Morgan fingerprint density at radius 2 is 1.56 bits per heavy atom. The lowest BCUT2D eigenvalue weighted by Crippen LogP contribution is -2.33. The van der Waals surface area contributed by atoms with E-state index in [-0.39, 0.29) is 5.91 Å². The van der Waals surface area contributed by atoms with Gasteiger partial charge in [0, 0.05) is 45.9 Å². The second-order valence-electron chi connectivity index (χ2n) is 11.6. The molecule has 0 bridgehead atoms. The zero-order valence-electron chi connectivity index (χ0n) is 25.3. The maximum absolute atomic E-state index is 12.8. The first-order valence-electron chi connectivity index (χ1n) is 14.7. The van der Waals surface area contributed by atoms with Gasteiger partial charge in [0.15, 0.2) is 0 Å². The van der Waals surface area contributed by atoms with Gasteiger partial charge in [-0.1, -0.05) is 42.5 Å². The van der Waals surface area contributed by atoms with Gasteiger partial charge in [0.05, 0.1) is 5.69 Å². The van der Waals surface area contributed by atoms with E-state index in [1.54, 1.807) is 12.1 Å². The predicted molar refractivity (Wildman–Crippen MR) is 177 cm³/mol. The van der Waals surface area contributed by atoms with Crippen LogP contribution in [0.4, 0.5) is 22.0 Å². The number of rotatable bonds is 8. The maximum Gasteiger partial charge on any atom is 0.407 e. The summed E-state index contributed by atoms with van der Waals surface area (Å²) in [7, 11) is 0. The van der Waals surface area contributed by atoms with E-state index < -0.39 is 11.7 Å². The smallest absolute Gasteiger partial charge is 0.407 e. The normalized spacial score (nSPS) is 11.4. The molecule has 0 radical (unpaired) electrons. The van der Waals surface area contributed by atoms with Crippen molar-refractivity contribution < 1.29 is 18.7 Å². The molecule has 0 aliphatic heterocycles. The Bertz CT molecular complexity index is 1980. The molecule has 6 rings (SSSR count). The number of alkyl carbamates (subject to hydrolysis) is 1. The summed E-state index contributed by atoms with van der Waals surface area (Å²) in [5.74, 6) is 0.417. The van der Waals surface area contributed by atoms with Crippen LogP contribution in [0.25, 0.3) is 33.2 Å². The first-order valence-corrected chi connectivity index (χ1v) is 14.7. The Hall–Kier alpha value is -5.70. The van der Waals surface area contributed by atoms with Crippen molar-refractivity contribution in [3.63, 3.8) is 0 Å². The van der Waals surface area contributed by atoms with Crippen LogP contribution in [0.1, 0.15) is 36.7 Å². The number of hydrogen-bond acceptors (Lipinski definition) is 7. The molecule has 0 unspecified atom stereocenters. The highest BCUT2D eigenvalue weighted by atomic mass is 16.6. The van der Waals surface area contributed by atoms with Gasteiger partial charge in [0.1, 0.15) is 28.9 Å². The summed E-state index contributed by atoms with van der Waals surface area (Å²) in [4.78, 5) is 33.5. The zero-order chi connectivity index (χ0) is 31.4. The third-order valence-corrected chi connectivity index (χ3v) is 7.06. The monoisotopic (exact) mass is 599 g/mol. The summed E-state index contributed by atoms with van der Waals surface area (Å²) >= 11 is 0. The number of nitrogens with zero attached hydrogens (tertiary/aromatic N) is 2. The summed E-state index contributed by atoms with van der Waals surface area (Å²) in [5.41, 5.74) is 5.72. The van der Waals surface area contributed by atoms with E-state index in [1.807, 2.05) is 93.6 Å². The maximum atomic E-state index is 12.8. The average molecular weight is 600 g/mol. The third kappa shape index (κ3) is 7.10. The van der Waals surface area contributed by atoms with Gasteiger partial charge in [-0.3, -0.25) is 4.79 Å². The standard InChI is InChI=1S/C36H33N5O4/c1-36(2,3)45-35(43)37-20-19-23-11-13-24(14-12-23)34(42)41-26-17-15-25(16-18-26)40-32-21-30(38-22-39-32)29-9-6-8-28-27-7-4-5-10-31(27)44-33(28)29/h4-18,21-22H,19-20H2,1-3H3,(H,37,43)(H,41,42)(H,38,39,40). The Morgan fingerprint density at radius 1 is 0.822 bits per heavy atom. The van der Waals surface area contributed by atoms with Crippen molar-refractivity contribution in [3.8, 4) is 11.3 Å². The minimum atomic E-state index is -0.537. The van der Waals surface area contributed by atoms with Crippen molar-refractivity contribution in [2.24, 2.45) is 0 Å². The highest BCUT2D eigenvalue weighted by Gasteiger charge is 2.16. The molecular formula is C36H33N5O4. The summed E-state index contributed by atoms with van der Waals surface area (Å²) in [6, 6.07) is 30.6. The molecule has 0 spiro atoms. The van der Waals surface area contributed by atoms with Gasteiger partial charge in [-0.2, -0.15) is 0 Å². The van der Waals surface area contributed by atoms with Gasteiger partial charge in [0.2, 0.25) is 0 Å². The molecular weight excluding hydrogens is 566 g/mol. The number of fused-ring (bicyclic) bond motifs is 3. The van der Waals surface area contributed by atoms with Gasteiger partial charge in [-0.15, -0.1) is 0 Å². The zero-order valence-corrected chi connectivity index (χ0v) is 25.3. The van der Waals surface area contributed by atoms with Crippen LogP contribution in [0.2, 0.25) is 0 Å². The lowest BCUT2D eigenvalue weighted by atomic mass is 10.1. The van der Waals surface area contributed by atoms with Crippen molar-refractivity contribution in [1.82, 2.24) is 15.3 Å². The van der Waals surface area contributed by atoms with Crippen LogP contribution in [0.3, 0.4) is 0 Å². The number of para-hydroxylation sites is 2. The molecule has 0 aliphatic carbocycles. The number of aromatic nitrogens is 2. The number of anilines is 3. The van der Waals surface area contributed by atoms with Gasteiger partial charge in [0.25, 0.3) is 5.91 Å². The lowest BCUT2D eigenvalue weighted by Gasteiger charge is -2.19. The number of carbonyl (C=O) groups is 2. The van der Waals surface area contributed by atoms with Gasteiger partial charge in [-0.25, -0.2) is 14.8 Å². The fourth-order valence-corrected chi connectivity index (χ4v) is 4.96. The molecule has 45 heavy (non-hydrogen) atoms. The Balaban J connectivity index is 1.06. The Morgan fingerprint density at radius 3 is 2.33 bits per heavy atom. The van der Waals surface area contributed by atoms with Crippen LogP contribution in [-0.4, -0.2) is 34.1 Å². The van der Waals surface area contributed by atoms with Crippen molar-refractivity contribution in [2.75, 3.05) is 17.2 Å². The topological polar surface area (TPSA) is 118 Å². The quantitative estimate of drug-likeness (QED) is 0.162. The molecule has 9 heteroatoms. The number of benzene rings is 4. The molecule has 2 heterocycles. The molecule has 226 valence electrons. The highest BCUT2D eigenvalue weighted by molar-refractivity contribution is 6.09. The van der Waals surface area contributed by atoms with Crippen molar-refractivity contribution in [1.29, 1.82) is 0 Å². The van der Waals surface area contributed by atoms with E-state index in [0.717, 1.165) is 44.4 Å². The largest absolute Gasteiger partial charge is 0.455 e. The molecule has 0 saturated carbocycles. The molecule has 0 atom stereocenters. The van der Waals surface area contributed by atoms with Crippen molar-refractivity contribution >= 4 is 51.1 Å². The Labute approximate surface area is 260 Å². The molecule has 2 aromatic heterocycles. The predicted octanol–water partition coefficient (Wildman–Crippen LogP) is 8.11. The molecule has 0 saturated heterocycles. The van der Waals surface area contributed by atoms with E-state index in [0.29, 0.717) is 30.0 Å². The fourth-order valence-electron chi connectivity index (χ4n) is 4.96. The summed E-state index contributed by atoms with van der Waals surface area (Å²) < 4.78 is 11.4. The molecule has 6 aromatic rings. The summed E-state index contributed by atoms with van der Waals surface area (Å²) in [5, 5.41) is 11.1. The van der Waals surface area contributed by atoms with Crippen LogP contribution in [0, 0.1) is 0 Å². The van der Waals surface area contributed by atoms with Crippen LogP contribution in [-0.2, 0) is 11.2 Å². The van der Waals surface area contributed by atoms with Crippen LogP contribution in [0.15, 0.2) is 108 Å². The number of ether oxygens (including phenoxy) is 1. The van der Waals surface area contributed by atoms with Crippen molar-refractivity contribution in [3.05, 3.63) is 115 Å². The third-order valence-electron chi connectivity index (χ3n) is 7.06. The molecule has 9 nitrogen and oxygen atoms in total.